The van der Waals surface area contributed by atoms with E-state index in [2.05, 4.69) is 31.8 Å². The number of anilines is 1. The summed E-state index contributed by atoms with van der Waals surface area (Å²) < 4.78 is 6.67. The van der Waals surface area contributed by atoms with Gasteiger partial charge >= 0.3 is 0 Å². The van der Waals surface area contributed by atoms with E-state index in [9.17, 15) is 4.79 Å². The summed E-state index contributed by atoms with van der Waals surface area (Å²) >= 11 is 0. The van der Waals surface area contributed by atoms with Crippen molar-refractivity contribution in [3.8, 4) is 0 Å². The molecule has 1 aromatic carbocycles. The summed E-state index contributed by atoms with van der Waals surface area (Å²) in [6.45, 7) is 5.69. The lowest BCUT2D eigenvalue weighted by Crippen LogP contribution is -2.47. The second-order valence-corrected chi connectivity index (χ2v) is 6.34. The molecule has 130 valence electrons. The van der Waals surface area contributed by atoms with Gasteiger partial charge in [-0.05, 0) is 25.1 Å². The van der Waals surface area contributed by atoms with Gasteiger partial charge in [0.2, 0.25) is 5.89 Å². The van der Waals surface area contributed by atoms with Gasteiger partial charge in [0.15, 0.2) is 6.33 Å². The van der Waals surface area contributed by atoms with Crippen molar-refractivity contribution in [3.63, 3.8) is 0 Å². The predicted octanol–water partition coefficient (Wildman–Crippen LogP) is 1.20. The molecule has 1 aliphatic heterocycles. The number of hydrogen-bond acceptors (Lipinski definition) is 7. The highest BCUT2D eigenvalue weighted by Crippen LogP contribution is 2.24. The molecule has 4 rings (SSSR count). The maximum absolute atomic E-state index is 12.1. The molecule has 8 nitrogen and oxygen atoms in total. The first-order valence-corrected chi connectivity index (χ1v) is 8.34. The second kappa shape index (κ2) is 6.29. The Morgan fingerprint density at radius 1 is 1.16 bits per heavy atom. The topological polar surface area (TPSA) is 80.3 Å². The fourth-order valence-electron chi connectivity index (χ4n) is 3.28. The Morgan fingerprint density at radius 3 is 2.68 bits per heavy atom. The van der Waals surface area contributed by atoms with E-state index in [0.29, 0.717) is 11.3 Å². The number of hydrogen-bond donors (Lipinski definition) is 0. The molecular weight excluding hydrogens is 320 g/mol. The molecule has 0 saturated carbocycles. The van der Waals surface area contributed by atoms with Crippen LogP contribution in [0, 0.1) is 0 Å². The molecule has 2 aromatic heterocycles. The van der Waals surface area contributed by atoms with Gasteiger partial charge in [0.25, 0.3) is 5.56 Å². The van der Waals surface area contributed by atoms with Crippen LogP contribution in [0.3, 0.4) is 0 Å². The van der Waals surface area contributed by atoms with Gasteiger partial charge in [-0.1, -0.05) is 5.16 Å². The van der Waals surface area contributed by atoms with Crippen LogP contribution in [0.15, 0.2) is 40.2 Å². The number of nitrogens with zero attached hydrogens (tertiary/aromatic N) is 6. The Balaban J connectivity index is 1.50. The van der Waals surface area contributed by atoms with Gasteiger partial charge in [-0.2, -0.15) is 4.98 Å². The van der Waals surface area contributed by atoms with Crippen molar-refractivity contribution in [2.24, 2.45) is 7.05 Å². The lowest BCUT2D eigenvalue weighted by molar-refractivity contribution is 0.164. The molecule has 1 fully saturated rings. The summed E-state index contributed by atoms with van der Waals surface area (Å²) in [5, 5.41) is 4.34. The lowest BCUT2D eigenvalue weighted by Gasteiger charge is -2.38. The van der Waals surface area contributed by atoms with Crippen molar-refractivity contribution >= 4 is 16.6 Å². The average molecular weight is 340 g/mol. The molecule has 1 unspecified atom stereocenters. The maximum Gasteiger partial charge on any atom is 0.260 e. The maximum atomic E-state index is 12.1. The molecule has 1 saturated heterocycles. The Hall–Kier alpha value is -2.74. The van der Waals surface area contributed by atoms with E-state index < -0.39 is 0 Å². The SMILES string of the molecule is CC(c1ncno1)N1CCN(c2ccc3c(=O)n(C)cnc3c2)CC1. The Bertz CT molecular complexity index is 928. The molecular formula is C17H20N6O2. The van der Waals surface area contributed by atoms with Gasteiger partial charge in [-0.25, -0.2) is 4.98 Å². The number of piperazine rings is 1. The fourth-order valence-corrected chi connectivity index (χ4v) is 3.28. The van der Waals surface area contributed by atoms with Crippen molar-refractivity contribution < 1.29 is 4.52 Å². The monoisotopic (exact) mass is 340 g/mol. The summed E-state index contributed by atoms with van der Waals surface area (Å²) in [4.78, 5) is 25.3. The highest BCUT2D eigenvalue weighted by atomic mass is 16.5. The molecule has 0 spiro atoms. The van der Waals surface area contributed by atoms with Crippen LogP contribution in [0.25, 0.3) is 10.9 Å². The van der Waals surface area contributed by atoms with Crippen LogP contribution in [0.5, 0.6) is 0 Å². The highest BCUT2D eigenvalue weighted by Gasteiger charge is 2.25. The number of rotatable bonds is 3. The van der Waals surface area contributed by atoms with Crippen LogP contribution in [0.4, 0.5) is 5.69 Å². The number of benzene rings is 1. The third kappa shape index (κ3) is 2.89. The van der Waals surface area contributed by atoms with E-state index in [-0.39, 0.29) is 11.6 Å². The summed E-state index contributed by atoms with van der Waals surface area (Å²) in [5.41, 5.74) is 1.82. The fraction of sp³-hybridized carbons (Fsp3) is 0.412. The van der Waals surface area contributed by atoms with Crippen molar-refractivity contribution in [1.29, 1.82) is 0 Å². The first-order valence-electron chi connectivity index (χ1n) is 8.34. The Morgan fingerprint density at radius 2 is 1.96 bits per heavy atom. The molecule has 3 aromatic rings. The molecule has 0 N–H and O–H groups in total. The summed E-state index contributed by atoms with van der Waals surface area (Å²) in [7, 11) is 1.71. The van der Waals surface area contributed by atoms with Gasteiger partial charge in [-0.15, -0.1) is 0 Å². The van der Waals surface area contributed by atoms with E-state index in [4.69, 9.17) is 4.52 Å². The average Bonchev–Trinajstić information content (AvgIpc) is 3.19. The first-order chi connectivity index (χ1) is 12.1. The molecule has 0 radical (unpaired) electrons. The van der Waals surface area contributed by atoms with Crippen LogP contribution in [-0.4, -0.2) is 50.8 Å². The standard InChI is InChI=1S/C17H20N6O2/c1-12(16-18-10-20-25-16)22-5-7-23(8-6-22)13-3-4-14-15(9-13)19-11-21(2)17(14)24/h3-4,9-12H,5-8H2,1-2H3. The van der Waals surface area contributed by atoms with Crippen molar-refractivity contribution in [2.75, 3.05) is 31.1 Å². The van der Waals surface area contributed by atoms with E-state index in [1.54, 1.807) is 13.4 Å². The van der Waals surface area contributed by atoms with Crippen LogP contribution < -0.4 is 10.5 Å². The third-order valence-corrected chi connectivity index (χ3v) is 4.86. The van der Waals surface area contributed by atoms with Gasteiger partial charge < -0.3 is 14.0 Å². The quantitative estimate of drug-likeness (QED) is 0.709. The molecule has 1 aliphatic rings. The van der Waals surface area contributed by atoms with Crippen LogP contribution in [0.2, 0.25) is 0 Å². The van der Waals surface area contributed by atoms with Gasteiger partial charge in [0.05, 0.1) is 23.3 Å². The molecule has 0 aliphatic carbocycles. The summed E-state index contributed by atoms with van der Waals surface area (Å²) in [6.07, 6.45) is 3.01. The van der Waals surface area contributed by atoms with Gasteiger partial charge in [-0.3, -0.25) is 9.69 Å². The number of fused-ring (bicyclic) bond motifs is 1. The van der Waals surface area contributed by atoms with Crippen molar-refractivity contribution in [3.05, 3.63) is 47.1 Å². The van der Waals surface area contributed by atoms with Crippen molar-refractivity contribution in [2.45, 2.75) is 13.0 Å². The Kier molecular flexibility index (Phi) is 3.96. The molecule has 8 heteroatoms. The number of aryl methyl sites for hydroxylation is 1. The largest absolute Gasteiger partial charge is 0.369 e. The van der Waals surface area contributed by atoms with E-state index in [0.717, 1.165) is 37.4 Å². The third-order valence-electron chi connectivity index (χ3n) is 4.86. The normalized spacial score (nSPS) is 17.1. The van der Waals surface area contributed by atoms with Gasteiger partial charge in [0, 0.05) is 38.9 Å². The zero-order chi connectivity index (χ0) is 17.4. The zero-order valence-corrected chi connectivity index (χ0v) is 14.3. The Labute approximate surface area is 144 Å². The lowest BCUT2D eigenvalue weighted by atomic mass is 10.1. The minimum atomic E-state index is -0.0187. The zero-order valence-electron chi connectivity index (χ0n) is 14.3. The summed E-state index contributed by atoms with van der Waals surface area (Å²) in [5.74, 6) is 0.652. The number of aromatic nitrogens is 4. The van der Waals surface area contributed by atoms with Crippen LogP contribution >= 0.6 is 0 Å². The summed E-state index contributed by atoms with van der Waals surface area (Å²) in [6, 6.07) is 5.98. The highest BCUT2D eigenvalue weighted by molar-refractivity contribution is 5.81. The van der Waals surface area contributed by atoms with Crippen LogP contribution in [0.1, 0.15) is 18.9 Å². The molecule has 25 heavy (non-hydrogen) atoms. The molecule has 0 bridgehead atoms. The van der Waals surface area contributed by atoms with E-state index in [1.807, 2.05) is 18.2 Å². The second-order valence-electron chi connectivity index (χ2n) is 6.34. The smallest absolute Gasteiger partial charge is 0.260 e. The molecule has 0 amide bonds. The van der Waals surface area contributed by atoms with Crippen molar-refractivity contribution in [1.82, 2.24) is 24.6 Å². The van der Waals surface area contributed by atoms with Crippen LogP contribution in [-0.2, 0) is 7.05 Å². The predicted molar refractivity (Wildman–Crippen MR) is 93.5 cm³/mol. The van der Waals surface area contributed by atoms with Gasteiger partial charge in [0.1, 0.15) is 0 Å². The minimum absolute atomic E-state index is 0.0187. The molecule has 3 heterocycles. The first kappa shape index (κ1) is 15.8. The van der Waals surface area contributed by atoms with E-state index >= 15 is 0 Å². The van der Waals surface area contributed by atoms with E-state index in [1.165, 1.54) is 10.9 Å². The minimum Gasteiger partial charge on any atom is -0.369 e. The molecule has 1 atom stereocenters.